The fourth-order valence-corrected chi connectivity index (χ4v) is 1.72. The van der Waals surface area contributed by atoms with Gasteiger partial charge >= 0.3 is 0 Å². The smallest absolute Gasteiger partial charge is 0.135 e. The second-order valence-electron chi connectivity index (χ2n) is 3.55. The lowest BCUT2D eigenvalue weighted by Crippen LogP contribution is -1.92. The minimum Gasteiger partial charge on any atom is -0.460 e. The zero-order chi connectivity index (χ0) is 11.7. The largest absolute Gasteiger partial charge is 0.460 e. The Morgan fingerprint density at radius 3 is 2.75 bits per heavy atom. The standard InChI is InChI=1S/C12H11ClFNO/c1-7-4-9(10(13)5-11(7)14)12-3-2-8(6-15)16-12/h2-5H,6,15H2,1H3. The van der Waals surface area contributed by atoms with Crippen molar-refractivity contribution in [3.8, 4) is 11.3 Å². The van der Waals surface area contributed by atoms with Crippen molar-refractivity contribution in [3.05, 3.63) is 46.4 Å². The second kappa shape index (κ2) is 4.28. The molecule has 16 heavy (non-hydrogen) atoms. The van der Waals surface area contributed by atoms with E-state index >= 15 is 0 Å². The summed E-state index contributed by atoms with van der Waals surface area (Å²) in [7, 11) is 0. The fourth-order valence-electron chi connectivity index (χ4n) is 1.48. The maximum absolute atomic E-state index is 13.2. The molecule has 1 heterocycles. The Hall–Kier alpha value is -1.32. The summed E-state index contributed by atoms with van der Waals surface area (Å²) in [6.07, 6.45) is 0. The molecule has 4 heteroatoms. The number of benzene rings is 1. The second-order valence-corrected chi connectivity index (χ2v) is 3.96. The Morgan fingerprint density at radius 2 is 2.12 bits per heavy atom. The van der Waals surface area contributed by atoms with E-state index in [-0.39, 0.29) is 5.82 Å². The summed E-state index contributed by atoms with van der Waals surface area (Å²) in [6, 6.07) is 6.51. The van der Waals surface area contributed by atoms with Crippen LogP contribution in [0.15, 0.2) is 28.7 Å². The van der Waals surface area contributed by atoms with Crippen LogP contribution in [0.5, 0.6) is 0 Å². The van der Waals surface area contributed by atoms with E-state index in [2.05, 4.69) is 0 Å². The van der Waals surface area contributed by atoms with E-state index in [0.717, 1.165) is 0 Å². The third-order valence-corrected chi connectivity index (χ3v) is 2.69. The van der Waals surface area contributed by atoms with E-state index in [1.165, 1.54) is 6.07 Å². The van der Waals surface area contributed by atoms with Gasteiger partial charge in [0.1, 0.15) is 17.3 Å². The van der Waals surface area contributed by atoms with Gasteiger partial charge in [-0.2, -0.15) is 0 Å². The molecule has 0 fully saturated rings. The number of halogens is 2. The van der Waals surface area contributed by atoms with Crippen molar-refractivity contribution in [2.24, 2.45) is 5.73 Å². The number of rotatable bonds is 2. The molecule has 0 atom stereocenters. The normalized spacial score (nSPS) is 10.8. The molecular formula is C12H11ClFNO. The van der Waals surface area contributed by atoms with Crippen LogP contribution in [0.2, 0.25) is 5.02 Å². The van der Waals surface area contributed by atoms with E-state index < -0.39 is 0 Å². The zero-order valence-corrected chi connectivity index (χ0v) is 9.51. The molecule has 0 aliphatic carbocycles. The van der Waals surface area contributed by atoms with Gasteiger partial charge in [-0.25, -0.2) is 4.39 Å². The molecule has 0 saturated carbocycles. The van der Waals surface area contributed by atoms with Gasteiger partial charge < -0.3 is 10.2 Å². The Kier molecular flexibility index (Phi) is 2.99. The summed E-state index contributed by atoms with van der Waals surface area (Å²) in [5.74, 6) is 0.959. The average Bonchev–Trinajstić information content (AvgIpc) is 2.71. The van der Waals surface area contributed by atoms with Crippen molar-refractivity contribution < 1.29 is 8.81 Å². The Bertz CT molecular complexity index is 522. The number of aryl methyl sites for hydroxylation is 1. The Morgan fingerprint density at radius 1 is 1.38 bits per heavy atom. The average molecular weight is 240 g/mol. The van der Waals surface area contributed by atoms with Crippen molar-refractivity contribution in [1.29, 1.82) is 0 Å². The predicted molar refractivity (Wildman–Crippen MR) is 61.7 cm³/mol. The highest BCUT2D eigenvalue weighted by atomic mass is 35.5. The van der Waals surface area contributed by atoms with Gasteiger partial charge in [0.05, 0.1) is 11.6 Å². The van der Waals surface area contributed by atoms with Gasteiger partial charge in [-0.1, -0.05) is 11.6 Å². The zero-order valence-electron chi connectivity index (χ0n) is 8.76. The first kappa shape index (κ1) is 11.2. The maximum Gasteiger partial charge on any atom is 0.135 e. The highest BCUT2D eigenvalue weighted by Gasteiger charge is 2.11. The minimum absolute atomic E-state index is 0.320. The monoisotopic (exact) mass is 239 g/mol. The molecule has 0 aliphatic heterocycles. The van der Waals surface area contributed by atoms with E-state index in [4.69, 9.17) is 21.8 Å². The lowest BCUT2D eigenvalue weighted by atomic mass is 10.1. The van der Waals surface area contributed by atoms with Gasteiger partial charge in [0.2, 0.25) is 0 Å². The number of nitrogens with two attached hydrogens (primary N) is 1. The van der Waals surface area contributed by atoms with Gasteiger partial charge in [0, 0.05) is 5.56 Å². The van der Waals surface area contributed by atoms with E-state index in [9.17, 15) is 4.39 Å². The topological polar surface area (TPSA) is 39.2 Å². The minimum atomic E-state index is -0.320. The Balaban J connectivity index is 2.51. The van der Waals surface area contributed by atoms with Gasteiger partial charge in [-0.15, -0.1) is 0 Å². The van der Waals surface area contributed by atoms with Crippen molar-refractivity contribution in [1.82, 2.24) is 0 Å². The van der Waals surface area contributed by atoms with E-state index in [1.54, 1.807) is 25.1 Å². The van der Waals surface area contributed by atoms with Crippen LogP contribution < -0.4 is 5.73 Å². The molecule has 2 N–H and O–H groups in total. The summed E-state index contributed by atoms with van der Waals surface area (Å²) < 4.78 is 18.7. The summed E-state index contributed by atoms with van der Waals surface area (Å²) in [5, 5.41) is 0.334. The number of furan rings is 1. The van der Waals surface area contributed by atoms with Crippen molar-refractivity contribution in [3.63, 3.8) is 0 Å². The summed E-state index contributed by atoms with van der Waals surface area (Å²) in [6.45, 7) is 2.01. The summed E-state index contributed by atoms with van der Waals surface area (Å²) in [4.78, 5) is 0. The summed E-state index contributed by atoms with van der Waals surface area (Å²) >= 11 is 5.96. The van der Waals surface area contributed by atoms with Gasteiger partial charge in [-0.3, -0.25) is 0 Å². The predicted octanol–water partition coefficient (Wildman–Crippen LogP) is 3.51. The molecule has 1 aromatic carbocycles. The first-order valence-corrected chi connectivity index (χ1v) is 5.24. The number of hydrogen-bond acceptors (Lipinski definition) is 2. The fraction of sp³-hybridized carbons (Fsp3) is 0.167. The number of hydrogen-bond donors (Lipinski definition) is 1. The van der Waals surface area contributed by atoms with Crippen LogP contribution in [-0.2, 0) is 6.54 Å². The first-order valence-electron chi connectivity index (χ1n) is 4.86. The SMILES string of the molecule is Cc1cc(-c2ccc(CN)o2)c(Cl)cc1F. The van der Waals surface area contributed by atoms with Gasteiger partial charge in [-0.05, 0) is 36.8 Å². The molecule has 0 amide bonds. The van der Waals surface area contributed by atoms with Crippen LogP contribution >= 0.6 is 11.6 Å². The molecule has 2 aromatic rings. The van der Waals surface area contributed by atoms with Crippen LogP contribution in [0.1, 0.15) is 11.3 Å². The molecular weight excluding hydrogens is 229 g/mol. The third kappa shape index (κ3) is 1.96. The molecule has 84 valence electrons. The molecule has 0 saturated heterocycles. The molecule has 0 aliphatic rings. The molecule has 0 radical (unpaired) electrons. The van der Waals surface area contributed by atoms with Crippen LogP contribution in [0.25, 0.3) is 11.3 Å². The molecule has 0 bridgehead atoms. The van der Waals surface area contributed by atoms with Crippen molar-refractivity contribution in [2.45, 2.75) is 13.5 Å². The molecule has 2 rings (SSSR count). The molecule has 0 unspecified atom stereocenters. The van der Waals surface area contributed by atoms with Crippen LogP contribution in [0.4, 0.5) is 4.39 Å². The van der Waals surface area contributed by atoms with Gasteiger partial charge in [0.15, 0.2) is 0 Å². The highest BCUT2D eigenvalue weighted by molar-refractivity contribution is 6.33. The van der Waals surface area contributed by atoms with Crippen molar-refractivity contribution >= 4 is 11.6 Å². The van der Waals surface area contributed by atoms with E-state index in [1.807, 2.05) is 0 Å². The van der Waals surface area contributed by atoms with Crippen LogP contribution in [0.3, 0.4) is 0 Å². The molecule has 0 spiro atoms. The highest BCUT2D eigenvalue weighted by Crippen LogP contribution is 2.31. The first-order chi connectivity index (χ1) is 7.61. The molecule has 1 aromatic heterocycles. The quantitative estimate of drug-likeness (QED) is 0.871. The lowest BCUT2D eigenvalue weighted by molar-refractivity contribution is 0.525. The third-order valence-electron chi connectivity index (χ3n) is 2.38. The lowest BCUT2D eigenvalue weighted by Gasteiger charge is -2.03. The van der Waals surface area contributed by atoms with E-state index in [0.29, 0.717) is 34.2 Å². The molecule has 2 nitrogen and oxygen atoms in total. The van der Waals surface area contributed by atoms with Gasteiger partial charge in [0.25, 0.3) is 0 Å². The van der Waals surface area contributed by atoms with Crippen LogP contribution in [0, 0.1) is 12.7 Å². The summed E-state index contributed by atoms with van der Waals surface area (Å²) in [5.41, 5.74) is 6.66. The maximum atomic E-state index is 13.2. The Labute approximate surface area is 97.8 Å². The van der Waals surface area contributed by atoms with Crippen molar-refractivity contribution in [2.75, 3.05) is 0 Å². The van der Waals surface area contributed by atoms with Crippen LogP contribution in [-0.4, -0.2) is 0 Å².